The number of nitrogens with one attached hydrogen (secondary N) is 1. The Morgan fingerprint density at radius 1 is 1.15 bits per heavy atom. The van der Waals surface area contributed by atoms with Crippen LogP contribution >= 0.6 is 15.9 Å². The highest BCUT2D eigenvalue weighted by atomic mass is 79.9. The predicted molar refractivity (Wildman–Crippen MR) is 83.9 cm³/mol. The van der Waals surface area contributed by atoms with Gasteiger partial charge in [0.1, 0.15) is 0 Å². The molecule has 0 atom stereocenters. The quantitative estimate of drug-likeness (QED) is 0.798. The zero-order chi connectivity index (χ0) is 13.9. The lowest BCUT2D eigenvalue weighted by atomic mass is 10.1. The van der Waals surface area contributed by atoms with Crippen molar-refractivity contribution in [2.45, 2.75) is 13.5 Å². The Kier molecular flexibility index (Phi) is 3.80. The molecule has 2 aromatic carbocycles. The van der Waals surface area contributed by atoms with Gasteiger partial charge in [0.05, 0.1) is 17.6 Å². The lowest BCUT2D eigenvalue weighted by molar-refractivity contribution is 0.674. The average Bonchev–Trinajstić information content (AvgIpc) is 2.94. The van der Waals surface area contributed by atoms with Crippen LogP contribution < -0.4 is 5.32 Å². The molecule has 0 fully saturated rings. The molecule has 5 heteroatoms. The van der Waals surface area contributed by atoms with E-state index in [4.69, 9.17) is 0 Å². The van der Waals surface area contributed by atoms with Gasteiger partial charge in [-0.2, -0.15) is 0 Å². The molecule has 102 valence electrons. The summed E-state index contributed by atoms with van der Waals surface area (Å²) >= 11 is 3.60. The largest absolute Gasteiger partial charge is 0.311 e. The molecule has 0 amide bonds. The molecule has 1 N–H and O–H groups in total. The maximum absolute atomic E-state index is 4.23. The summed E-state index contributed by atoms with van der Waals surface area (Å²) in [4.78, 5) is 0. The van der Waals surface area contributed by atoms with Gasteiger partial charge in [0.15, 0.2) is 0 Å². The molecule has 3 aromatic rings. The van der Waals surface area contributed by atoms with Gasteiger partial charge in [-0.25, -0.2) is 4.68 Å². The average molecular weight is 331 g/mol. The molecule has 0 spiro atoms. The van der Waals surface area contributed by atoms with Crippen molar-refractivity contribution in [2.75, 3.05) is 6.54 Å². The van der Waals surface area contributed by atoms with Crippen LogP contribution in [0.2, 0.25) is 0 Å². The first-order chi connectivity index (χ1) is 9.81. The summed E-state index contributed by atoms with van der Waals surface area (Å²) in [5, 5.41) is 13.9. The highest BCUT2D eigenvalue weighted by molar-refractivity contribution is 9.10. The van der Waals surface area contributed by atoms with Crippen molar-refractivity contribution in [1.29, 1.82) is 0 Å². The predicted octanol–water partition coefficient (Wildman–Crippen LogP) is 3.29. The van der Waals surface area contributed by atoms with E-state index in [1.807, 2.05) is 16.8 Å². The zero-order valence-electron chi connectivity index (χ0n) is 11.2. The van der Waals surface area contributed by atoms with Crippen LogP contribution in [0.25, 0.3) is 16.5 Å². The second-order valence-corrected chi connectivity index (χ2v) is 5.38. The van der Waals surface area contributed by atoms with Crippen LogP contribution in [-0.4, -0.2) is 21.5 Å². The summed E-state index contributed by atoms with van der Waals surface area (Å²) in [5.74, 6) is 0. The van der Waals surface area contributed by atoms with Gasteiger partial charge in [0.25, 0.3) is 0 Å². The second kappa shape index (κ2) is 5.73. The summed E-state index contributed by atoms with van der Waals surface area (Å²) in [5.41, 5.74) is 2.11. The topological polar surface area (TPSA) is 42.7 Å². The molecule has 0 bridgehead atoms. The van der Waals surface area contributed by atoms with Crippen LogP contribution in [0.3, 0.4) is 0 Å². The summed E-state index contributed by atoms with van der Waals surface area (Å²) in [7, 11) is 0. The van der Waals surface area contributed by atoms with Crippen molar-refractivity contribution in [3.05, 3.63) is 52.8 Å². The van der Waals surface area contributed by atoms with Gasteiger partial charge in [-0.3, -0.25) is 0 Å². The van der Waals surface area contributed by atoms with E-state index in [2.05, 4.69) is 62.7 Å². The molecule has 0 aliphatic heterocycles. The lowest BCUT2D eigenvalue weighted by Gasteiger charge is -2.10. The summed E-state index contributed by atoms with van der Waals surface area (Å²) < 4.78 is 2.99. The third-order valence-corrected chi connectivity index (χ3v) is 3.94. The fourth-order valence-electron chi connectivity index (χ4n) is 2.26. The van der Waals surface area contributed by atoms with Gasteiger partial charge < -0.3 is 5.32 Å². The van der Waals surface area contributed by atoms with Crippen molar-refractivity contribution >= 4 is 26.7 Å². The van der Waals surface area contributed by atoms with E-state index in [0.717, 1.165) is 34.3 Å². The highest BCUT2D eigenvalue weighted by Crippen LogP contribution is 2.29. The number of nitrogens with zero attached hydrogens (tertiary/aromatic N) is 3. The normalized spacial score (nSPS) is 11.1. The Morgan fingerprint density at radius 3 is 2.75 bits per heavy atom. The van der Waals surface area contributed by atoms with Gasteiger partial charge in [0, 0.05) is 16.4 Å². The molecule has 4 nitrogen and oxygen atoms in total. The molecular weight excluding hydrogens is 316 g/mol. The minimum atomic E-state index is 0.758. The van der Waals surface area contributed by atoms with Crippen molar-refractivity contribution in [3.8, 4) is 5.69 Å². The van der Waals surface area contributed by atoms with Crippen LogP contribution in [0.5, 0.6) is 0 Å². The molecule has 20 heavy (non-hydrogen) atoms. The Balaban J connectivity index is 2.15. The third kappa shape index (κ3) is 2.34. The van der Waals surface area contributed by atoms with Gasteiger partial charge in [-0.15, -0.1) is 5.10 Å². The number of rotatable bonds is 4. The SMILES string of the molecule is CCNCc1cnnn1-c1ccc(Br)c2ccccc12. The first kappa shape index (κ1) is 13.3. The number of benzene rings is 2. The number of aromatic nitrogens is 3. The Morgan fingerprint density at radius 2 is 1.95 bits per heavy atom. The smallest absolute Gasteiger partial charge is 0.0783 e. The molecule has 0 radical (unpaired) electrons. The Bertz CT molecular complexity index is 736. The molecule has 1 aromatic heterocycles. The fourth-order valence-corrected chi connectivity index (χ4v) is 2.74. The van der Waals surface area contributed by atoms with E-state index in [1.165, 1.54) is 5.39 Å². The summed E-state index contributed by atoms with van der Waals surface area (Å²) in [6, 6.07) is 12.4. The summed E-state index contributed by atoms with van der Waals surface area (Å²) in [6.07, 6.45) is 1.81. The second-order valence-electron chi connectivity index (χ2n) is 4.53. The minimum Gasteiger partial charge on any atom is -0.311 e. The lowest BCUT2D eigenvalue weighted by Crippen LogP contribution is -2.15. The van der Waals surface area contributed by atoms with Gasteiger partial charge in [-0.1, -0.05) is 52.3 Å². The molecule has 0 aliphatic carbocycles. The standard InChI is InChI=1S/C15H15BrN4/c1-2-17-9-11-10-18-19-20(11)15-8-7-14(16)12-5-3-4-6-13(12)15/h3-8,10,17H,2,9H2,1H3. The van der Waals surface area contributed by atoms with E-state index >= 15 is 0 Å². The first-order valence-electron chi connectivity index (χ1n) is 6.59. The van der Waals surface area contributed by atoms with Gasteiger partial charge in [-0.05, 0) is 24.1 Å². The highest BCUT2D eigenvalue weighted by Gasteiger charge is 2.10. The van der Waals surface area contributed by atoms with Crippen molar-refractivity contribution in [3.63, 3.8) is 0 Å². The van der Waals surface area contributed by atoms with Crippen molar-refractivity contribution < 1.29 is 0 Å². The van der Waals surface area contributed by atoms with E-state index < -0.39 is 0 Å². The van der Waals surface area contributed by atoms with E-state index in [1.54, 1.807) is 6.20 Å². The van der Waals surface area contributed by atoms with Gasteiger partial charge in [0.2, 0.25) is 0 Å². The molecular formula is C15H15BrN4. The monoisotopic (exact) mass is 330 g/mol. The van der Waals surface area contributed by atoms with Gasteiger partial charge >= 0.3 is 0 Å². The molecule has 0 aliphatic rings. The van der Waals surface area contributed by atoms with E-state index in [-0.39, 0.29) is 0 Å². The van der Waals surface area contributed by atoms with Crippen LogP contribution in [-0.2, 0) is 6.54 Å². The maximum Gasteiger partial charge on any atom is 0.0783 e. The van der Waals surface area contributed by atoms with Crippen molar-refractivity contribution in [2.24, 2.45) is 0 Å². The van der Waals surface area contributed by atoms with E-state index in [0.29, 0.717) is 0 Å². The number of hydrogen-bond acceptors (Lipinski definition) is 3. The Labute approximate surface area is 125 Å². The van der Waals surface area contributed by atoms with Crippen LogP contribution in [0.15, 0.2) is 47.1 Å². The minimum absolute atomic E-state index is 0.758. The number of fused-ring (bicyclic) bond motifs is 1. The first-order valence-corrected chi connectivity index (χ1v) is 7.38. The van der Waals surface area contributed by atoms with Crippen LogP contribution in [0.1, 0.15) is 12.6 Å². The molecule has 0 saturated heterocycles. The van der Waals surface area contributed by atoms with Crippen molar-refractivity contribution in [1.82, 2.24) is 20.3 Å². The molecule has 0 saturated carbocycles. The summed E-state index contributed by atoms with van der Waals surface area (Å²) in [6.45, 7) is 3.77. The van der Waals surface area contributed by atoms with Crippen LogP contribution in [0.4, 0.5) is 0 Å². The van der Waals surface area contributed by atoms with Crippen LogP contribution in [0, 0.1) is 0 Å². The number of halogens is 1. The van der Waals surface area contributed by atoms with E-state index in [9.17, 15) is 0 Å². The molecule has 3 rings (SSSR count). The Hall–Kier alpha value is -1.72. The third-order valence-electron chi connectivity index (χ3n) is 3.25. The molecule has 0 unspecified atom stereocenters. The molecule has 1 heterocycles. The maximum atomic E-state index is 4.23. The fraction of sp³-hybridized carbons (Fsp3) is 0.200. The number of hydrogen-bond donors (Lipinski definition) is 1. The zero-order valence-corrected chi connectivity index (χ0v) is 12.8.